The second-order valence-corrected chi connectivity index (χ2v) is 8.60. The summed E-state index contributed by atoms with van der Waals surface area (Å²) in [6, 6.07) is 21.2. The second-order valence-electron chi connectivity index (χ2n) is 8.60. The van der Waals surface area contributed by atoms with Crippen LogP contribution in [0.4, 0.5) is 11.4 Å². The van der Waals surface area contributed by atoms with Crippen LogP contribution in [0.15, 0.2) is 66.7 Å². The zero-order chi connectivity index (χ0) is 23.7. The number of fused-ring (bicyclic) bond motifs is 2. The Kier molecular flexibility index (Phi) is 5.76. The van der Waals surface area contributed by atoms with Crippen molar-refractivity contribution in [3.05, 3.63) is 83.7 Å². The molecule has 0 fully saturated rings. The Morgan fingerprint density at radius 3 is 2.71 bits per heavy atom. The van der Waals surface area contributed by atoms with Crippen LogP contribution >= 0.6 is 0 Å². The third-order valence-electron chi connectivity index (χ3n) is 5.95. The van der Waals surface area contributed by atoms with Gasteiger partial charge in [0.05, 0.1) is 16.7 Å². The summed E-state index contributed by atoms with van der Waals surface area (Å²) in [5, 5.41) is 2.89. The fourth-order valence-electron chi connectivity index (χ4n) is 4.18. The number of nitrogens with zero attached hydrogens (tertiary/aromatic N) is 2. The van der Waals surface area contributed by atoms with Crippen LogP contribution < -0.4 is 15.0 Å². The third-order valence-corrected chi connectivity index (χ3v) is 5.95. The number of nitrogens with one attached hydrogen (secondary N) is 2. The maximum atomic E-state index is 12.7. The maximum Gasteiger partial charge on any atom is 0.268 e. The number of imidazole rings is 1. The molecule has 7 heteroatoms. The number of aromatic amines is 1. The van der Waals surface area contributed by atoms with Crippen molar-refractivity contribution >= 4 is 34.2 Å². The summed E-state index contributed by atoms with van der Waals surface area (Å²) in [4.78, 5) is 34.8. The number of para-hydroxylation sites is 2. The molecular weight excluding hydrogens is 428 g/mol. The van der Waals surface area contributed by atoms with Crippen LogP contribution in [0.2, 0.25) is 0 Å². The summed E-state index contributed by atoms with van der Waals surface area (Å²) in [6.45, 7) is 3.68. The van der Waals surface area contributed by atoms with Gasteiger partial charge in [-0.15, -0.1) is 0 Å². The molecule has 1 aliphatic rings. The summed E-state index contributed by atoms with van der Waals surface area (Å²) in [5.41, 5.74) is 5.70. The van der Waals surface area contributed by atoms with Gasteiger partial charge < -0.3 is 15.0 Å². The highest BCUT2D eigenvalue weighted by atomic mass is 16.5. The Balaban J connectivity index is 1.19. The van der Waals surface area contributed by atoms with E-state index in [0.717, 1.165) is 35.3 Å². The third kappa shape index (κ3) is 4.50. The lowest BCUT2D eigenvalue weighted by atomic mass is 10.1. The molecule has 0 saturated carbocycles. The Labute approximate surface area is 197 Å². The number of amides is 2. The first-order valence-corrected chi connectivity index (χ1v) is 11.4. The number of hydrogen-bond donors (Lipinski definition) is 2. The van der Waals surface area contributed by atoms with E-state index in [0.29, 0.717) is 17.1 Å². The van der Waals surface area contributed by atoms with Crippen LogP contribution in [-0.4, -0.2) is 34.4 Å². The van der Waals surface area contributed by atoms with E-state index >= 15 is 0 Å². The Hall–Kier alpha value is -4.13. The average molecular weight is 455 g/mol. The van der Waals surface area contributed by atoms with Crippen molar-refractivity contribution in [2.24, 2.45) is 0 Å². The standard InChI is InChI=1S/C27H26N4O3/c1-17-7-13-21-22(15-17)30-25(29-21)14-10-19-8-11-20(12-9-19)28-26(32)16-31-23-5-3-4-6-24(23)34-18(2)27(31)33/h3-9,11-13,15,18H,10,14,16H2,1-2H3,(H,28,32)(H,29,30). The van der Waals surface area contributed by atoms with E-state index in [-0.39, 0.29) is 18.4 Å². The number of anilines is 2. The molecule has 0 bridgehead atoms. The van der Waals surface area contributed by atoms with Crippen molar-refractivity contribution in [1.82, 2.24) is 9.97 Å². The SMILES string of the molecule is Cc1ccc2nc(CCc3ccc(NC(=O)CN4C(=O)C(C)Oc5ccccc54)cc3)[nH]c2c1. The molecular formula is C27H26N4O3. The quantitative estimate of drug-likeness (QED) is 0.452. The molecule has 2 heterocycles. The zero-order valence-electron chi connectivity index (χ0n) is 19.2. The number of rotatable bonds is 6. The van der Waals surface area contributed by atoms with E-state index in [2.05, 4.69) is 34.3 Å². The summed E-state index contributed by atoms with van der Waals surface area (Å²) in [5.74, 6) is 1.07. The van der Waals surface area contributed by atoms with E-state index in [1.807, 2.05) is 42.5 Å². The van der Waals surface area contributed by atoms with Gasteiger partial charge in [-0.1, -0.05) is 30.3 Å². The molecule has 3 aromatic carbocycles. The molecule has 7 nitrogen and oxygen atoms in total. The molecule has 0 radical (unpaired) electrons. The largest absolute Gasteiger partial charge is 0.479 e. The normalized spacial score (nSPS) is 15.2. The number of ether oxygens (including phenoxy) is 1. The molecule has 1 aliphatic heterocycles. The van der Waals surface area contributed by atoms with Gasteiger partial charge in [-0.25, -0.2) is 4.98 Å². The van der Waals surface area contributed by atoms with Crippen molar-refractivity contribution in [3.8, 4) is 5.75 Å². The number of hydrogen-bond acceptors (Lipinski definition) is 4. The fourth-order valence-corrected chi connectivity index (χ4v) is 4.18. The Bertz CT molecular complexity index is 1360. The van der Waals surface area contributed by atoms with Gasteiger partial charge in [0.25, 0.3) is 5.91 Å². The van der Waals surface area contributed by atoms with Crippen molar-refractivity contribution in [2.45, 2.75) is 32.8 Å². The Morgan fingerprint density at radius 1 is 1.09 bits per heavy atom. The maximum absolute atomic E-state index is 12.7. The molecule has 0 saturated heterocycles. The van der Waals surface area contributed by atoms with Crippen LogP contribution in [0.5, 0.6) is 5.75 Å². The fraction of sp³-hybridized carbons (Fsp3) is 0.222. The molecule has 0 aliphatic carbocycles. The Morgan fingerprint density at radius 2 is 1.88 bits per heavy atom. The topological polar surface area (TPSA) is 87.3 Å². The molecule has 2 amide bonds. The minimum Gasteiger partial charge on any atom is -0.479 e. The summed E-state index contributed by atoms with van der Waals surface area (Å²) >= 11 is 0. The summed E-state index contributed by atoms with van der Waals surface area (Å²) < 4.78 is 5.63. The number of carbonyl (C=O) groups is 2. The molecule has 1 aromatic heterocycles. The zero-order valence-corrected chi connectivity index (χ0v) is 19.2. The van der Waals surface area contributed by atoms with Crippen LogP contribution in [0.1, 0.15) is 23.9 Å². The first-order valence-electron chi connectivity index (χ1n) is 11.4. The van der Waals surface area contributed by atoms with Gasteiger partial charge in [-0.05, 0) is 67.8 Å². The lowest BCUT2D eigenvalue weighted by Crippen LogP contribution is -2.47. The van der Waals surface area contributed by atoms with Crippen molar-refractivity contribution in [3.63, 3.8) is 0 Å². The number of aromatic nitrogens is 2. The van der Waals surface area contributed by atoms with E-state index in [9.17, 15) is 9.59 Å². The minimum atomic E-state index is -0.627. The van der Waals surface area contributed by atoms with E-state index in [1.165, 1.54) is 10.5 Å². The predicted molar refractivity (Wildman–Crippen MR) is 132 cm³/mol. The molecule has 2 N–H and O–H groups in total. The lowest BCUT2D eigenvalue weighted by molar-refractivity contribution is -0.127. The number of benzene rings is 3. The highest BCUT2D eigenvalue weighted by molar-refractivity contribution is 6.06. The number of carbonyl (C=O) groups excluding carboxylic acids is 2. The van der Waals surface area contributed by atoms with Gasteiger partial charge in [0, 0.05) is 12.1 Å². The average Bonchev–Trinajstić information content (AvgIpc) is 3.23. The molecule has 34 heavy (non-hydrogen) atoms. The van der Waals surface area contributed by atoms with Gasteiger partial charge in [0.1, 0.15) is 18.1 Å². The van der Waals surface area contributed by atoms with Gasteiger partial charge in [0.2, 0.25) is 5.91 Å². The monoisotopic (exact) mass is 454 g/mol. The number of aryl methyl sites for hydroxylation is 3. The van der Waals surface area contributed by atoms with Crippen molar-refractivity contribution in [2.75, 3.05) is 16.8 Å². The first kappa shape index (κ1) is 21.7. The van der Waals surface area contributed by atoms with Crippen LogP contribution in [-0.2, 0) is 22.4 Å². The van der Waals surface area contributed by atoms with Crippen molar-refractivity contribution < 1.29 is 14.3 Å². The molecule has 5 rings (SSSR count). The molecule has 172 valence electrons. The minimum absolute atomic E-state index is 0.0726. The lowest BCUT2D eigenvalue weighted by Gasteiger charge is -2.32. The van der Waals surface area contributed by atoms with Gasteiger partial charge in [-0.3, -0.25) is 14.5 Å². The summed E-state index contributed by atoms with van der Waals surface area (Å²) in [6.07, 6.45) is 1.01. The second kappa shape index (κ2) is 9.02. The first-order chi connectivity index (χ1) is 16.5. The smallest absolute Gasteiger partial charge is 0.268 e. The van der Waals surface area contributed by atoms with E-state index in [4.69, 9.17) is 4.74 Å². The van der Waals surface area contributed by atoms with Crippen molar-refractivity contribution in [1.29, 1.82) is 0 Å². The van der Waals surface area contributed by atoms with Crippen LogP contribution in [0.25, 0.3) is 11.0 Å². The van der Waals surface area contributed by atoms with Gasteiger partial charge >= 0.3 is 0 Å². The van der Waals surface area contributed by atoms with Gasteiger partial charge in [0.15, 0.2) is 6.10 Å². The van der Waals surface area contributed by atoms with Crippen LogP contribution in [0.3, 0.4) is 0 Å². The van der Waals surface area contributed by atoms with Crippen LogP contribution in [0, 0.1) is 6.92 Å². The number of H-pyrrole nitrogens is 1. The molecule has 1 atom stereocenters. The van der Waals surface area contributed by atoms with E-state index in [1.54, 1.807) is 19.1 Å². The predicted octanol–water partition coefficient (Wildman–Crippen LogP) is 4.41. The molecule has 1 unspecified atom stereocenters. The molecule has 4 aromatic rings. The van der Waals surface area contributed by atoms with E-state index < -0.39 is 6.10 Å². The summed E-state index contributed by atoms with van der Waals surface area (Å²) in [7, 11) is 0. The highest BCUT2D eigenvalue weighted by Crippen LogP contribution is 2.33. The molecule has 0 spiro atoms. The van der Waals surface area contributed by atoms with Gasteiger partial charge in [-0.2, -0.15) is 0 Å². The highest BCUT2D eigenvalue weighted by Gasteiger charge is 2.32.